The average Bonchev–Trinajstić information content (AvgIpc) is 2.79. The van der Waals surface area contributed by atoms with Crippen LogP contribution in [-0.2, 0) is 5.41 Å². The zero-order valence-electron chi connectivity index (χ0n) is 19.3. The summed E-state index contributed by atoms with van der Waals surface area (Å²) < 4.78 is 18.5. The molecular formula is C27H32O3Se. The Morgan fingerprint density at radius 1 is 0.774 bits per heavy atom. The SMILES string of the molecule is COc1cc(OC)c(C(C[Se]c2ccccc2)c2ccc(C(C)(C)C)cc2)c(OC)c1. The van der Waals surface area contributed by atoms with Crippen LogP contribution in [0.1, 0.15) is 43.4 Å². The molecule has 0 aliphatic heterocycles. The zero-order chi connectivity index (χ0) is 22.4. The fraction of sp³-hybridized carbons (Fsp3) is 0.333. The molecule has 0 saturated heterocycles. The van der Waals surface area contributed by atoms with Gasteiger partial charge in [0.25, 0.3) is 0 Å². The van der Waals surface area contributed by atoms with Crippen molar-refractivity contribution in [2.75, 3.05) is 21.3 Å². The van der Waals surface area contributed by atoms with Gasteiger partial charge in [-0.05, 0) is 0 Å². The third kappa shape index (κ3) is 5.64. The predicted molar refractivity (Wildman–Crippen MR) is 130 cm³/mol. The molecule has 3 aromatic rings. The van der Waals surface area contributed by atoms with Crippen LogP contribution in [0.25, 0.3) is 0 Å². The number of benzene rings is 3. The minimum atomic E-state index is 0.123. The summed E-state index contributed by atoms with van der Waals surface area (Å²) in [6.07, 6.45) is 0. The van der Waals surface area contributed by atoms with Crippen molar-refractivity contribution in [3.05, 3.63) is 83.4 Å². The topological polar surface area (TPSA) is 27.7 Å². The molecule has 1 unspecified atom stereocenters. The standard InChI is InChI=1S/C27H32O3Se/c1-27(2,3)20-14-12-19(13-15-20)23(18-31-22-10-8-7-9-11-22)26-24(29-5)16-21(28-4)17-25(26)30-6/h7-17,23H,18H2,1-6H3. The number of rotatable bonds is 8. The second-order valence-corrected chi connectivity index (χ2v) is 10.8. The Bertz CT molecular complexity index is 951. The van der Waals surface area contributed by atoms with Gasteiger partial charge < -0.3 is 0 Å². The summed E-state index contributed by atoms with van der Waals surface area (Å²) in [7, 11) is 5.08. The molecule has 0 saturated carbocycles. The molecule has 3 aromatic carbocycles. The fourth-order valence-electron chi connectivity index (χ4n) is 3.63. The molecule has 3 nitrogen and oxygen atoms in total. The summed E-state index contributed by atoms with van der Waals surface area (Å²) in [5.74, 6) is 2.48. The molecule has 0 N–H and O–H groups in total. The Hall–Kier alpha value is -2.42. The van der Waals surface area contributed by atoms with E-state index in [0.717, 1.165) is 28.1 Å². The van der Waals surface area contributed by atoms with E-state index in [-0.39, 0.29) is 11.3 Å². The summed E-state index contributed by atoms with van der Waals surface area (Å²) >= 11 is 0.310. The molecule has 0 amide bonds. The van der Waals surface area contributed by atoms with Crippen molar-refractivity contribution < 1.29 is 14.2 Å². The molecule has 0 aliphatic carbocycles. The van der Waals surface area contributed by atoms with Crippen LogP contribution >= 0.6 is 0 Å². The van der Waals surface area contributed by atoms with E-state index in [4.69, 9.17) is 14.2 Å². The van der Waals surface area contributed by atoms with E-state index >= 15 is 0 Å². The van der Waals surface area contributed by atoms with Gasteiger partial charge in [0.15, 0.2) is 0 Å². The summed E-state index contributed by atoms with van der Waals surface area (Å²) in [4.78, 5) is 0. The van der Waals surface area contributed by atoms with Crippen LogP contribution in [0, 0.1) is 0 Å². The predicted octanol–water partition coefficient (Wildman–Crippen LogP) is 5.59. The van der Waals surface area contributed by atoms with Gasteiger partial charge in [-0.1, -0.05) is 0 Å². The molecule has 0 bridgehead atoms. The summed E-state index contributed by atoms with van der Waals surface area (Å²) in [6, 6.07) is 23.6. The van der Waals surface area contributed by atoms with Gasteiger partial charge in [0.2, 0.25) is 0 Å². The van der Waals surface area contributed by atoms with Crippen molar-refractivity contribution >= 4 is 19.4 Å². The molecule has 0 heterocycles. The minimum absolute atomic E-state index is 0.123. The Balaban J connectivity index is 2.08. The van der Waals surface area contributed by atoms with Gasteiger partial charge in [0.1, 0.15) is 0 Å². The molecule has 1 atom stereocenters. The van der Waals surface area contributed by atoms with Crippen molar-refractivity contribution in [2.45, 2.75) is 37.4 Å². The van der Waals surface area contributed by atoms with E-state index in [1.54, 1.807) is 21.3 Å². The van der Waals surface area contributed by atoms with Gasteiger partial charge in [0, 0.05) is 0 Å². The molecule has 0 fully saturated rings. The van der Waals surface area contributed by atoms with Crippen molar-refractivity contribution in [3.63, 3.8) is 0 Å². The monoisotopic (exact) mass is 484 g/mol. The van der Waals surface area contributed by atoms with Crippen LogP contribution in [0.15, 0.2) is 66.7 Å². The van der Waals surface area contributed by atoms with E-state index in [1.807, 2.05) is 12.1 Å². The maximum absolute atomic E-state index is 5.81. The van der Waals surface area contributed by atoms with E-state index in [1.165, 1.54) is 15.6 Å². The van der Waals surface area contributed by atoms with Gasteiger partial charge >= 0.3 is 193 Å². The first-order valence-corrected chi connectivity index (χ1v) is 12.5. The molecule has 0 radical (unpaired) electrons. The maximum atomic E-state index is 5.81. The number of hydrogen-bond donors (Lipinski definition) is 0. The van der Waals surface area contributed by atoms with Gasteiger partial charge in [-0.25, -0.2) is 0 Å². The summed E-state index contributed by atoms with van der Waals surface area (Å²) in [6.45, 7) is 6.73. The van der Waals surface area contributed by atoms with Gasteiger partial charge in [-0.3, -0.25) is 0 Å². The van der Waals surface area contributed by atoms with E-state index in [2.05, 4.69) is 75.4 Å². The van der Waals surface area contributed by atoms with E-state index in [9.17, 15) is 0 Å². The molecule has 164 valence electrons. The van der Waals surface area contributed by atoms with Crippen molar-refractivity contribution in [1.82, 2.24) is 0 Å². The molecule has 3 rings (SSSR count). The first kappa shape index (κ1) is 23.2. The molecular weight excluding hydrogens is 451 g/mol. The zero-order valence-corrected chi connectivity index (χ0v) is 21.0. The number of methoxy groups -OCH3 is 3. The molecule has 0 aliphatic rings. The molecule has 4 heteroatoms. The van der Waals surface area contributed by atoms with Gasteiger partial charge in [-0.15, -0.1) is 0 Å². The Morgan fingerprint density at radius 2 is 1.35 bits per heavy atom. The Kier molecular flexibility index (Phi) is 7.69. The molecule has 0 aromatic heterocycles. The van der Waals surface area contributed by atoms with Crippen molar-refractivity contribution in [1.29, 1.82) is 0 Å². The third-order valence-electron chi connectivity index (χ3n) is 5.44. The van der Waals surface area contributed by atoms with Gasteiger partial charge in [-0.2, -0.15) is 0 Å². The summed E-state index contributed by atoms with van der Waals surface area (Å²) in [5.41, 5.74) is 3.80. The Morgan fingerprint density at radius 3 is 1.84 bits per heavy atom. The van der Waals surface area contributed by atoms with E-state index in [0.29, 0.717) is 15.0 Å². The van der Waals surface area contributed by atoms with Crippen LogP contribution < -0.4 is 18.7 Å². The van der Waals surface area contributed by atoms with Gasteiger partial charge in [0.05, 0.1) is 0 Å². The second kappa shape index (κ2) is 10.3. The van der Waals surface area contributed by atoms with Crippen LogP contribution in [0.2, 0.25) is 5.32 Å². The molecule has 31 heavy (non-hydrogen) atoms. The quantitative estimate of drug-likeness (QED) is 0.391. The first-order valence-electron chi connectivity index (χ1n) is 10.5. The average molecular weight is 484 g/mol. The van der Waals surface area contributed by atoms with E-state index < -0.39 is 0 Å². The first-order chi connectivity index (χ1) is 14.9. The van der Waals surface area contributed by atoms with Crippen LogP contribution in [0.3, 0.4) is 0 Å². The third-order valence-corrected chi connectivity index (χ3v) is 7.76. The van der Waals surface area contributed by atoms with Crippen LogP contribution in [0.4, 0.5) is 0 Å². The number of hydrogen-bond acceptors (Lipinski definition) is 3. The fourth-order valence-corrected chi connectivity index (χ4v) is 5.87. The van der Waals surface area contributed by atoms with Crippen LogP contribution in [0.5, 0.6) is 17.2 Å². The normalized spacial score (nSPS) is 12.3. The summed E-state index contributed by atoms with van der Waals surface area (Å²) in [5, 5.41) is 1.00. The number of ether oxygens (including phenoxy) is 3. The van der Waals surface area contributed by atoms with Crippen LogP contribution in [-0.4, -0.2) is 36.3 Å². The molecule has 0 spiro atoms. The Labute approximate surface area is 192 Å². The van der Waals surface area contributed by atoms with Crippen molar-refractivity contribution in [3.8, 4) is 17.2 Å². The second-order valence-electron chi connectivity index (χ2n) is 8.49. The van der Waals surface area contributed by atoms with Crippen molar-refractivity contribution in [2.24, 2.45) is 0 Å².